The second-order valence-electron chi connectivity index (χ2n) is 11.9. The molecule has 14 heteroatoms. The summed E-state index contributed by atoms with van der Waals surface area (Å²) in [5, 5.41) is 42.5. The number of aliphatic imine (C=N–C) groups is 1. The number of ether oxygens (including phenoxy) is 2. The summed E-state index contributed by atoms with van der Waals surface area (Å²) in [5.41, 5.74) is 8.53. The molecule has 0 saturated carbocycles. The molecule has 0 aliphatic carbocycles. The molecular formula is C29H53B2N5O7. The lowest BCUT2D eigenvalue weighted by molar-refractivity contribution is -0.0895. The van der Waals surface area contributed by atoms with E-state index in [4.69, 9.17) is 46.0 Å². The van der Waals surface area contributed by atoms with Crippen molar-refractivity contribution in [1.29, 1.82) is 10.7 Å². The van der Waals surface area contributed by atoms with Crippen molar-refractivity contribution in [3.8, 4) is 6.07 Å². The number of rotatable bonds is 13. The van der Waals surface area contributed by atoms with Crippen LogP contribution in [0.2, 0.25) is 0 Å². The first-order valence-electron chi connectivity index (χ1n) is 13.9. The molecule has 8 N–H and O–H groups in total. The van der Waals surface area contributed by atoms with Crippen LogP contribution in [0.25, 0.3) is 0 Å². The Morgan fingerprint density at radius 3 is 1.56 bits per heavy atom. The summed E-state index contributed by atoms with van der Waals surface area (Å²) in [5.74, 6) is 0.967. The molecule has 2 radical (unpaired) electrons. The lowest BCUT2D eigenvalue weighted by Crippen LogP contribution is -2.48. The van der Waals surface area contributed by atoms with Gasteiger partial charge in [0.05, 0.1) is 61.5 Å². The average molecular weight is 605 g/mol. The summed E-state index contributed by atoms with van der Waals surface area (Å²) in [6.45, 7) is 21.1. The summed E-state index contributed by atoms with van der Waals surface area (Å²) >= 11 is 0. The Morgan fingerprint density at radius 1 is 0.930 bits per heavy atom. The molecule has 0 spiro atoms. The second kappa shape index (κ2) is 21.2. The topological polar surface area (TPSA) is 210 Å². The molecule has 0 unspecified atom stereocenters. The van der Waals surface area contributed by atoms with E-state index in [0.717, 1.165) is 39.2 Å². The van der Waals surface area contributed by atoms with Crippen molar-refractivity contribution in [2.45, 2.75) is 77.8 Å². The molecule has 0 aromatic heterocycles. The Hall–Kier alpha value is -2.50. The minimum Gasteiger partial charge on any atom is -0.427 e. The number of nitriles is 1. The number of nitrogens with zero attached hydrogens (tertiary/aromatic N) is 2. The predicted octanol–water partition coefficient (Wildman–Crippen LogP) is 1.63. The largest absolute Gasteiger partial charge is 0.427 e. The van der Waals surface area contributed by atoms with Gasteiger partial charge in [-0.15, -0.1) is 0 Å². The second-order valence-corrected chi connectivity index (χ2v) is 11.9. The first-order valence-corrected chi connectivity index (χ1v) is 13.9. The quantitative estimate of drug-likeness (QED) is 0.102. The number of aliphatic hydroxyl groups is 3. The smallest absolute Gasteiger partial charge is 0.333 e. The van der Waals surface area contributed by atoms with E-state index < -0.39 is 22.4 Å². The highest BCUT2D eigenvalue weighted by molar-refractivity contribution is 6.46. The molecule has 0 bridgehead atoms. The zero-order chi connectivity index (χ0) is 33.7. The Kier molecular flexibility index (Phi) is 21.1. The van der Waals surface area contributed by atoms with Gasteiger partial charge in [-0.2, -0.15) is 5.26 Å². The van der Waals surface area contributed by atoms with Gasteiger partial charge in [-0.1, -0.05) is 6.58 Å². The van der Waals surface area contributed by atoms with Crippen molar-refractivity contribution in [3.63, 3.8) is 0 Å². The lowest BCUT2D eigenvalue weighted by atomic mass is 9.83. The molecule has 0 amide bonds. The molecule has 2 aliphatic heterocycles. The number of hydrogen-bond acceptors (Lipinski definition) is 12. The van der Waals surface area contributed by atoms with Gasteiger partial charge in [-0.05, 0) is 78.7 Å². The SMILES string of the molecule is C=CC#N.CC(C)(O)C(C)(C)O[B]/C(C=N)=C/N.CC(C)(O)C(C)(C)O[B]C(C=NCC1COC1)=CN.OCC1COC1. The van der Waals surface area contributed by atoms with Gasteiger partial charge in [0, 0.05) is 36.9 Å². The van der Waals surface area contributed by atoms with Crippen LogP contribution in [0.3, 0.4) is 0 Å². The predicted molar refractivity (Wildman–Crippen MR) is 173 cm³/mol. The Labute approximate surface area is 259 Å². The monoisotopic (exact) mass is 605 g/mol. The molecule has 2 heterocycles. The van der Waals surface area contributed by atoms with E-state index in [2.05, 4.69) is 11.6 Å². The van der Waals surface area contributed by atoms with E-state index in [1.807, 2.05) is 13.8 Å². The molecule has 242 valence electrons. The lowest BCUT2D eigenvalue weighted by Gasteiger charge is -2.37. The summed E-state index contributed by atoms with van der Waals surface area (Å²) in [6, 6.07) is 1.69. The Balaban J connectivity index is 0. The van der Waals surface area contributed by atoms with Crippen LogP contribution in [0.15, 0.2) is 41.0 Å². The summed E-state index contributed by atoms with van der Waals surface area (Å²) in [6.07, 6.45) is 6.65. The minimum atomic E-state index is -0.967. The zero-order valence-electron chi connectivity index (χ0n) is 27.2. The molecule has 0 aromatic rings. The molecular weight excluding hydrogens is 552 g/mol. The van der Waals surface area contributed by atoms with Crippen LogP contribution in [0.4, 0.5) is 0 Å². The molecule has 0 atom stereocenters. The van der Waals surface area contributed by atoms with Gasteiger partial charge in [0.15, 0.2) is 0 Å². The molecule has 2 aliphatic rings. The van der Waals surface area contributed by atoms with Gasteiger partial charge in [0.1, 0.15) is 0 Å². The fraction of sp³-hybridized carbons (Fsp3) is 0.690. The van der Waals surface area contributed by atoms with Gasteiger partial charge in [0.25, 0.3) is 0 Å². The van der Waals surface area contributed by atoms with Crippen LogP contribution >= 0.6 is 0 Å². The molecule has 12 nitrogen and oxygen atoms in total. The van der Waals surface area contributed by atoms with Crippen molar-refractivity contribution >= 4 is 27.4 Å². The van der Waals surface area contributed by atoms with Crippen LogP contribution in [0, 0.1) is 28.6 Å². The normalized spacial score (nSPS) is 16.4. The molecule has 43 heavy (non-hydrogen) atoms. The van der Waals surface area contributed by atoms with Gasteiger partial charge in [0.2, 0.25) is 0 Å². The fourth-order valence-electron chi connectivity index (χ4n) is 2.04. The van der Waals surface area contributed by atoms with Crippen molar-refractivity contribution in [3.05, 3.63) is 36.0 Å². The first-order chi connectivity index (χ1) is 19.8. The van der Waals surface area contributed by atoms with Crippen LogP contribution < -0.4 is 11.5 Å². The van der Waals surface area contributed by atoms with Crippen molar-refractivity contribution < 1.29 is 34.1 Å². The highest BCUT2D eigenvalue weighted by Gasteiger charge is 2.36. The number of nitrogens with one attached hydrogen (secondary N) is 1. The maximum atomic E-state index is 9.98. The number of aliphatic hydroxyl groups excluding tert-OH is 1. The van der Waals surface area contributed by atoms with Crippen molar-refractivity contribution in [2.24, 2.45) is 28.3 Å². The third-order valence-electron chi connectivity index (χ3n) is 6.85. The maximum Gasteiger partial charge on any atom is 0.333 e. The molecule has 2 saturated heterocycles. The highest BCUT2D eigenvalue weighted by atomic mass is 16.5. The number of nitrogens with two attached hydrogens (primary N) is 2. The Morgan fingerprint density at radius 2 is 1.33 bits per heavy atom. The van der Waals surface area contributed by atoms with Gasteiger partial charge >= 0.3 is 15.0 Å². The third kappa shape index (κ3) is 18.7. The standard InChI is InChI=1S/C13H24BN2O3.C9H18BN2O2.C4H8O2.C3H3N/c1-12(2,17)13(3,4)19-14-11(5-15)7-16-6-10-8-18-9-10;1-8(2,13)9(3,4)14-10-7(5-11)6-12;5-1-4-2-6-3-4;1-2-3-4/h5,7,10,17H,6,8-9,15H2,1-4H3;5-6,11,13H,12H2,1-4H3;4-5H,1-3H2;2H,1H2/b;7-6+,11-5?;;. The van der Waals surface area contributed by atoms with E-state index in [1.54, 1.807) is 53.8 Å². The minimum absolute atomic E-state index is 0.292. The first kappa shape index (κ1) is 42.6. The van der Waals surface area contributed by atoms with Crippen LogP contribution in [0.5, 0.6) is 0 Å². The van der Waals surface area contributed by atoms with E-state index in [9.17, 15) is 10.2 Å². The van der Waals surface area contributed by atoms with E-state index in [-0.39, 0.29) is 0 Å². The van der Waals surface area contributed by atoms with Crippen LogP contribution in [0.1, 0.15) is 55.4 Å². The summed E-state index contributed by atoms with van der Waals surface area (Å²) < 4.78 is 20.8. The summed E-state index contributed by atoms with van der Waals surface area (Å²) in [7, 11) is 2.89. The summed E-state index contributed by atoms with van der Waals surface area (Å²) in [4.78, 5) is 4.30. The van der Waals surface area contributed by atoms with Crippen molar-refractivity contribution in [1.82, 2.24) is 0 Å². The van der Waals surface area contributed by atoms with Crippen molar-refractivity contribution in [2.75, 3.05) is 39.6 Å². The van der Waals surface area contributed by atoms with E-state index in [0.29, 0.717) is 29.4 Å². The molecule has 2 fully saturated rings. The molecule has 0 aromatic carbocycles. The van der Waals surface area contributed by atoms with E-state index >= 15 is 0 Å². The number of hydrogen-bond donors (Lipinski definition) is 6. The van der Waals surface area contributed by atoms with Crippen LogP contribution in [-0.2, 0) is 18.8 Å². The van der Waals surface area contributed by atoms with Gasteiger partial charge < -0.3 is 51.0 Å². The number of allylic oxidation sites excluding steroid dienone is 3. The van der Waals surface area contributed by atoms with Gasteiger partial charge in [-0.25, -0.2) is 0 Å². The molecule has 2 rings (SSSR count). The highest BCUT2D eigenvalue weighted by Crippen LogP contribution is 2.25. The van der Waals surface area contributed by atoms with Gasteiger partial charge in [-0.3, -0.25) is 4.99 Å². The third-order valence-corrected chi connectivity index (χ3v) is 6.85. The maximum absolute atomic E-state index is 9.98. The van der Waals surface area contributed by atoms with Crippen LogP contribution in [-0.4, -0.2) is 105 Å². The Bertz CT molecular complexity index is 926. The zero-order valence-corrected chi connectivity index (χ0v) is 27.2. The average Bonchev–Trinajstić information content (AvgIpc) is 2.86. The van der Waals surface area contributed by atoms with E-state index in [1.165, 1.54) is 33.4 Å². The fourth-order valence-corrected chi connectivity index (χ4v) is 2.04.